The Morgan fingerprint density at radius 2 is 1.63 bits per heavy atom. The average Bonchev–Trinajstić information content (AvgIpc) is 2.75. The molecule has 3 rings (SSSR count). The van der Waals surface area contributed by atoms with E-state index < -0.39 is 0 Å². The standard InChI is InChI=1S/C24H33N3O3/c1-26-12-14-27(15-13-26)18-24(28)25-21-9-5-8-19(16-21)6-4-7-20-10-11-22(29-2)23(17-20)30-3/h5,8-11,16-17H,4,6-7,12-15,18H2,1-3H3,(H,25,28). The molecule has 0 saturated carbocycles. The number of likely N-dealkylation sites (N-methyl/N-ethyl adjacent to an activating group) is 1. The van der Waals surface area contributed by atoms with Gasteiger partial charge >= 0.3 is 0 Å². The van der Waals surface area contributed by atoms with Crippen molar-refractivity contribution in [2.45, 2.75) is 19.3 Å². The number of hydrogen-bond acceptors (Lipinski definition) is 5. The minimum atomic E-state index is 0.0574. The van der Waals surface area contributed by atoms with Crippen LogP contribution in [0.1, 0.15) is 17.5 Å². The van der Waals surface area contributed by atoms with Crippen LogP contribution >= 0.6 is 0 Å². The molecule has 6 nitrogen and oxygen atoms in total. The SMILES string of the molecule is COc1ccc(CCCc2cccc(NC(=O)CN3CCN(C)CC3)c2)cc1OC. The summed E-state index contributed by atoms with van der Waals surface area (Å²) in [4.78, 5) is 16.9. The van der Waals surface area contributed by atoms with Crippen LogP contribution in [-0.4, -0.2) is 69.7 Å². The lowest BCUT2D eigenvalue weighted by Crippen LogP contribution is -2.47. The number of carbonyl (C=O) groups excluding carboxylic acids is 1. The third kappa shape index (κ3) is 6.47. The van der Waals surface area contributed by atoms with E-state index in [4.69, 9.17) is 9.47 Å². The number of hydrogen-bond donors (Lipinski definition) is 1. The molecule has 1 fully saturated rings. The number of nitrogens with one attached hydrogen (secondary N) is 1. The van der Waals surface area contributed by atoms with E-state index >= 15 is 0 Å². The lowest BCUT2D eigenvalue weighted by molar-refractivity contribution is -0.117. The molecule has 30 heavy (non-hydrogen) atoms. The zero-order chi connectivity index (χ0) is 21.3. The van der Waals surface area contributed by atoms with Gasteiger partial charge in [0.2, 0.25) is 5.91 Å². The van der Waals surface area contributed by atoms with E-state index in [0.29, 0.717) is 6.54 Å². The number of benzene rings is 2. The van der Waals surface area contributed by atoms with Gasteiger partial charge in [0.15, 0.2) is 11.5 Å². The fourth-order valence-corrected chi connectivity index (χ4v) is 3.75. The predicted octanol–water partition coefficient (Wildman–Crippen LogP) is 3.07. The Balaban J connectivity index is 1.47. The average molecular weight is 412 g/mol. The Bertz CT molecular complexity index is 832. The zero-order valence-electron chi connectivity index (χ0n) is 18.3. The molecule has 0 spiro atoms. The van der Waals surface area contributed by atoms with Gasteiger partial charge in [-0.1, -0.05) is 18.2 Å². The molecule has 0 radical (unpaired) electrons. The number of ether oxygens (including phenoxy) is 2. The highest BCUT2D eigenvalue weighted by Gasteiger charge is 2.16. The van der Waals surface area contributed by atoms with E-state index in [1.165, 1.54) is 11.1 Å². The maximum absolute atomic E-state index is 12.4. The van der Waals surface area contributed by atoms with E-state index in [2.05, 4.69) is 40.4 Å². The summed E-state index contributed by atoms with van der Waals surface area (Å²) in [5.41, 5.74) is 3.33. The second kappa shape index (κ2) is 11.0. The monoisotopic (exact) mass is 411 g/mol. The predicted molar refractivity (Wildman–Crippen MR) is 121 cm³/mol. The first kappa shape index (κ1) is 22.1. The van der Waals surface area contributed by atoms with Crippen LogP contribution < -0.4 is 14.8 Å². The normalized spacial score (nSPS) is 15.0. The van der Waals surface area contributed by atoms with Crippen LogP contribution in [0.4, 0.5) is 5.69 Å². The summed E-state index contributed by atoms with van der Waals surface area (Å²) < 4.78 is 10.7. The van der Waals surface area contributed by atoms with Crippen LogP contribution in [0, 0.1) is 0 Å². The second-order valence-corrected chi connectivity index (χ2v) is 7.87. The number of rotatable bonds is 9. The van der Waals surface area contributed by atoms with Crippen molar-refractivity contribution in [3.63, 3.8) is 0 Å². The Morgan fingerprint density at radius 3 is 2.33 bits per heavy atom. The highest BCUT2D eigenvalue weighted by molar-refractivity contribution is 5.92. The zero-order valence-corrected chi connectivity index (χ0v) is 18.3. The van der Waals surface area contributed by atoms with Crippen LogP contribution in [0.25, 0.3) is 0 Å². The summed E-state index contributed by atoms with van der Waals surface area (Å²) in [6.07, 6.45) is 2.94. The Labute approximate surface area is 179 Å². The van der Waals surface area contributed by atoms with E-state index in [-0.39, 0.29) is 5.91 Å². The number of piperazine rings is 1. The van der Waals surface area contributed by atoms with Gasteiger partial charge in [-0.2, -0.15) is 0 Å². The number of amides is 1. The van der Waals surface area contributed by atoms with Crippen LogP contribution in [0.15, 0.2) is 42.5 Å². The molecule has 1 N–H and O–H groups in total. The summed E-state index contributed by atoms with van der Waals surface area (Å²) in [5.74, 6) is 1.57. The molecule has 1 saturated heterocycles. The number of aryl methyl sites for hydroxylation is 2. The molecule has 0 atom stereocenters. The topological polar surface area (TPSA) is 54.0 Å². The Kier molecular flexibility index (Phi) is 8.11. The summed E-state index contributed by atoms with van der Waals surface area (Å²) in [6.45, 7) is 4.38. The molecule has 162 valence electrons. The van der Waals surface area contributed by atoms with Crippen LogP contribution in [0.5, 0.6) is 11.5 Å². The van der Waals surface area contributed by atoms with Gasteiger partial charge < -0.3 is 19.7 Å². The Morgan fingerprint density at radius 1 is 0.933 bits per heavy atom. The summed E-state index contributed by atoms with van der Waals surface area (Å²) in [7, 11) is 5.42. The van der Waals surface area contributed by atoms with Gasteiger partial charge in [-0.3, -0.25) is 9.69 Å². The second-order valence-electron chi connectivity index (χ2n) is 7.87. The van der Waals surface area contributed by atoms with Gasteiger partial charge in [0.1, 0.15) is 0 Å². The van der Waals surface area contributed by atoms with Gasteiger partial charge in [-0.25, -0.2) is 0 Å². The van der Waals surface area contributed by atoms with Crippen molar-refractivity contribution in [2.24, 2.45) is 0 Å². The van der Waals surface area contributed by atoms with Crippen molar-refractivity contribution in [1.82, 2.24) is 9.80 Å². The van der Waals surface area contributed by atoms with Crippen LogP contribution in [0.2, 0.25) is 0 Å². The number of carbonyl (C=O) groups is 1. The van der Waals surface area contributed by atoms with Crippen molar-refractivity contribution >= 4 is 11.6 Å². The maximum Gasteiger partial charge on any atom is 0.238 e. The molecule has 2 aromatic carbocycles. The van der Waals surface area contributed by atoms with Gasteiger partial charge in [-0.15, -0.1) is 0 Å². The minimum absolute atomic E-state index is 0.0574. The molecule has 0 aliphatic carbocycles. The molecule has 1 heterocycles. The number of methoxy groups -OCH3 is 2. The highest BCUT2D eigenvalue weighted by Crippen LogP contribution is 2.28. The molecular formula is C24H33N3O3. The molecule has 0 bridgehead atoms. The summed E-state index contributed by atoms with van der Waals surface area (Å²) in [6, 6.07) is 14.2. The molecule has 0 unspecified atom stereocenters. The molecule has 1 aliphatic rings. The first-order chi connectivity index (χ1) is 14.6. The van der Waals surface area contributed by atoms with Gasteiger partial charge in [0.25, 0.3) is 0 Å². The first-order valence-corrected chi connectivity index (χ1v) is 10.6. The fourth-order valence-electron chi connectivity index (χ4n) is 3.75. The van der Waals surface area contributed by atoms with Crippen LogP contribution in [0.3, 0.4) is 0 Å². The number of anilines is 1. The largest absolute Gasteiger partial charge is 0.493 e. The Hall–Kier alpha value is -2.57. The molecule has 1 amide bonds. The van der Waals surface area contributed by atoms with E-state index in [1.807, 2.05) is 24.3 Å². The van der Waals surface area contributed by atoms with Crippen LogP contribution in [-0.2, 0) is 17.6 Å². The van der Waals surface area contributed by atoms with E-state index in [9.17, 15) is 4.79 Å². The smallest absolute Gasteiger partial charge is 0.238 e. The van der Waals surface area contributed by atoms with Crippen molar-refractivity contribution in [1.29, 1.82) is 0 Å². The van der Waals surface area contributed by atoms with Crippen molar-refractivity contribution in [3.05, 3.63) is 53.6 Å². The third-order valence-electron chi connectivity index (χ3n) is 5.55. The lowest BCUT2D eigenvalue weighted by atomic mass is 10.0. The van der Waals surface area contributed by atoms with Crippen molar-refractivity contribution in [3.8, 4) is 11.5 Å². The van der Waals surface area contributed by atoms with Crippen molar-refractivity contribution < 1.29 is 14.3 Å². The van der Waals surface area contributed by atoms with Gasteiger partial charge in [-0.05, 0) is 61.7 Å². The summed E-state index contributed by atoms with van der Waals surface area (Å²) in [5, 5.41) is 3.05. The number of nitrogens with zero attached hydrogens (tertiary/aromatic N) is 2. The molecule has 6 heteroatoms. The lowest BCUT2D eigenvalue weighted by Gasteiger charge is -2.31. The fraction of sp³-hybridized carbons (Fsp3) is 0.458. The molecule has 2 aromatic rings. The van der Waals surface area contributed by atoms with E-state index in [0.717, 1.165) is 62.6 Å². The minimum Gasteiger partial charge on any atom is -0.493 e. The van der Waals surface area contributed by atoms with Crippen molar-refractivity contribution in [2.75, 3.05) is 59.3 Å². The first-order valence-electron chi connectivity index (χ1n) is 10.6. The highest BCUT2D eigenvalue weighted by atomic mass is 16.5. The summed E-state index contributed by atoms with van der Waals surface area (Å²) >= 11 is 0. The third-order valence-corrected chi connectivity index (χ3v) is 5.55. The molecular weight excluding hydrogens is 378 g/mol. The maximum atomic E-state index is 12.4. The van der Waals surface area contributed by atoms with Gasteiger partial charge in [0, 0.05) is 31.9 Å². The molecule has 1 aliphatic heterocycles. The quantitative estimate of drug-likeness (QED) is 0.687. The van der Waals surface area contributed by atoms with E-state index in [1.54, 1.807) is 14.2 Å². The molecule has 0 aromatic heterocycles. The van der Waals surface area contributed by atoms with Gasteiger partial charge in [0.05, 0.1) is 20.8 Å².